The van der Waals surface area contributed by atoms with E-state index in [4.69, 9.17) is 4.74 Å². The molecule has 0 heterocycles. The predicted octanol–water partition coefficient (Wildman–Crippen LogP) is 3.71. The van der Waals surface area contributed by atoms with Crippen molar-refractivity contribution in [1.82, 2.24) is 5.32 Å². The van der Waals surface area contributed by atoms with E-state index in [1.807, 2.05) is 65.0 Å². The lowest BCUT2D eigenvalue weighted by atomic mass is 10.0. The van der Waals surface area contributed by atoms with E-state index >= 15 is 0 Å². The van der Waals surface area contributed by atoms with Gasteiger partial charge < -0.3 is 15.3 Å². The van der Waals surface area contributed by atoms with E-state index in [-0.39, 0.29) is 12.6 Å². The van der Waals surface area contributed by atoms with Crippen LogP contribution in [0.2, 0.25) is 0 Å². The van der Waals surface area contributed by atoms with Crippen LogP contribution in [-0.4, -0.2) is 28.7 Å². The minimum absolute atomic E-state index is 0.255. The zero-order valence-electron chi connectivity index (χ0n) is 14.7. The van der Waals surface area contributed by atoms with Gasteiger partial charge in [0.15, 0.2) is 12.8 Å². The second kappa shape index (κ2) is 8.56. The summed E-state index contributed by atoms with van der Waals surface area (Å²) in [6.07, 6.45) is 1.68. The lowest BCUT2D eigenvalue weighted by Crippen LogP contribution is -2.41. The Morgan fingerprint density at radius 2 is 1.91 bits per heavy atom. The number of amides is 1. The first-order chi connectivity index (χ1) is 10.7. The first-order valence-electron chi connectivity index (χ1n) is 7.98. The van der Waals surface area contributed by atoms with E-state index in [1.165, 1.54) is 6.21 Å². The van der Waals surface area contributed by atoms with Crippen molar-refractivity contribution in [3.05, 3.63) is 41.1 Å². The SMILES string of the molecule is CC(C)C[C@@H](/C=[N+](/[O-])Cc1ccccc1)NC(=O)OC(C)(C)C. The molecule has 5 nitrogen and oxygen atoms in total. The summed E-state index contributed by atoms with van der Waals surface area (Å²) in [5.74, 6) is 0.344. The Morgan fingerprint density at radius 3 is 2.43 bits per heavy atom. The van der Waals surface area contributed by atoms with Crippen LogP contribution in [-0.2, 0) is 11.3 Å². The molecule has 0 saturated carbocycles. The van der Waals surface area contributed by atoms with Crippen LogP contribution in [0.3, 0.4) is 0 Å². The van der Waals surface area contributed by atoms with Gasteiger partial charge in [-0.1, -0.05) is 44.2 Å². The fraction of sp³-hybridized carbons (Fsp3) is 0.556. The summed E-state index contributed by atoms with van der Waals surface area (Å²) in [6, 6.07) is 9.15. The number of alkyl carbamates (subject to hydrolysis) is 1. The first kappa shape index (κ1) is 19.0. The van der Waals surface area contributed by atoms with Crippen molar-refractivity contribution in [2.24, 2.45) is 5.92 Å². The number of hydrogen-bond acceptors (Lipinski definition) is 3. The second-order valence-electron chi connectivity index (χ2n) is 7.09. The maximum absolute atomic E-state index is 12.1. The second-order valence-corrected chi connectivity index (χ2v) is 7.09. The Balaban J connectivity index is 2.72. The van der Waals surface area contributed by atoms with E-state index in [9.17, 15) is 10.0 Å². The maximum atomic E-state index is 12.1. The molecule has 0 aliphatic rings. The zero-order chi connectivity index (χ0) is 17.5. The zero-order valence-corrected chi connectivity index (χ0v) is 14.7. The normalized spacial score (nSPS) is 13.7. The highest BCUT2D eigenvalue weighted by Gasteiger charge is 2.21. The molecule has 23 heavy (non-hydrogen) atoms. The number of nitrogens with zero attached hydrogens (tertiary/aromatic N) is 1. The Morgan fingerprint density at radius 1 is 1.30 bits per heavy atom. The van der Waals surface area contributed by atoms with Gasteiger partial charge in [-0.05, 0) is 33.1 Å². The lowest BCUT2D eigenvalue weighted by Gasteiger charge is -2.22. The molecule has 0 aliphatic carbocycles. The molecule has 1 N–H and O–H groups in total. The molecule has 0 aliphatic heterocycles. The first-order valence-corrected chi connectivity index (χ1v) is 7.98. The highest BCUT2D eigenvalue weighted by atomic mass is 16.6. The number of hydroxylamine groups is 1. The molecule has 1 amide bonds. The van der Waals surface area contributed by atoms with Crippen molar-refractivity contribution in [3.63, 3.8) is 0 Å². The molecular formula is C18H28N2O3. The Hall–Kier alpha value is -2.04. The molecule has 1 atom stereocenters. The molecule has 1 aromatic rings. The highest BCUT2D eigenvalue weighted by Crippen LogP contribution is 2.09. The van der Waals surface area contributed by atoms with Crippen molar-refractivity contribution in [2.75, 3.05) is 0 Å². The quantitative estimate of drug-likeness (QED) is 0.376. The van der Waals surface area contributed by atoms with Gasteiger partial charge in [-0.2, -0.15) is 0 Å². The number of hydrogen-bond donors (Lipinski definition) is 1. The average Bonchev–Trinajstić information content (AvgIpc) is 2.36. The smallest absolute Gasteiger partial charge is 0.408 e. The molecular weight excluding hydrogens is 292 g/mol. The van der Waals surface area contributed by atoms with Crippen molar-refractivity contribution in [2.45, 2.75) is 59.2 Å². The van der Waals surface area contributed by atoms with Gasteiger partial charge in [0.1, 0.15) is 11.6 Å². The molecule has 0 radical (unpaired) electrons. The highest BCUT2D eigenvalue weighted by molar-refractivity contribution is 5.73. The van der Waals surface area contributed by atoms with Gasteiger partial charge in [0.2, 0.25) is 0 Å². The summed E-state index contributed by atoms with van der Waals surface area (Å²) in [7, 11) is 0. The van der Waals surface area contributed by atoms with Crippen LogP contribution < -0.4 is 5.32 Å². The summed E-state index contributed by atoms with van der Waals surface area (Å²) in [4.78, 5) is 11.9. The van der Waals surface area contributed by atoms with E-state index in [0.717, 1.165) is 10.3 Å². The van der Waals surface area contributed by atoms with Gasteiger partial charge in [-0.25, -0.2) is 9.53 Å². The van der Waals surface area contributed by atoms with Crippen LogP contribution in [0, 0.1) is 11.1 Å². The topological polar surface area (TPSA) is 64.4 Å². The Kier molecular flexibility index (Phi) is 7.07. The largest absolute Gasteiger partial charge is 0.624 e. The van der Waals surface area contributed by atoms with E-state index in [0.29, 0.717) is 12.3 Å². The van der Waals surface area contributed by atoms with Crippen molar-refractivity contribution in [3.8, 4) is 0 Å². The number of carbonyl (C=O) groups excluding carboxylic acids is 1. The molecule has 0 saturated heterocycles. The maximum Gasteiger partial charge on any atom is 0.408 e. The van der Waals surface area contributed by atoms with Crippen LogP contribution in [0.5, 0.6) is 0 Å². The number of rotatable bonds is 6. The van der Waals surface area contributed by atoms with E-state index in [1.54, 1.807) is 0 Å². The van der Waals surface area contributed by atoms with Crippen LogP contribution in [0.1, 0.15) is 46.6 Å². The predicted molar refractivity (Wildman–Crippen MR) is 92.5 cm³/mol. The van der Waals surface area contributed by atoms with Gasteiger partial charge in [-0.3, -0.25) is 0 Å². The fourth-order valence-electron chi connectivity index (χ4n) is 2.14. The summed E-state index contributed by atoms with van der Waals surface area (Å²) in [5.41, 5.74) is 0.368. The third kappa shape index (κ3) is 8.86. The van der Waals surface area contributed by atoms with Gasteiger partial charge >= 0.3 is 6.09 Å². The van der Waals surface area contributed by atoms with Gasteiger partial charge in [0, 0.05) is 5.56 Å². The van der Waals surface area contributed by atoms with Crippen LogP contribution in [0.4, 0.5) is 4.79 Å². The molecule has 0 fully saturated rings. The standard InChI is InChI=1S/C18H28N2O3/c1-14(2)11-16(19-17(21)23-18(3,4)5)13-20(22)12-15-9-7-6-8-10-15/h6-10,13-14,16H,11-12H2,1-5H3,(H,19,21)/b20-13+/t16-/m0/s1. The van der Waals surface area contributed by atoms with Crippen LogP contribution in [0.25, 0.3) is 0 Å². The molecule has 1 aromatic carbocycles. The summed E-state index contributed by atoms with van der Waals surface area (Å²) >= 11 is 0. The third-order valence-electron chi connectivity index (χ3n) is 2.95. The molecule has 0 bridgehead atoms. The van der Waals surface area contributed by atoms with Crippen LogP contribution in [0.15, 0.2) is 30.3 Å². The molecule has 1 rings (SSSR count). The number of benzene rings is 1. The molecule has 0 spiro atoms. The van der Waals surface area contributed by atoms with Crippen molar-refractivity contribution in [1.29, 1.82) is 0 Å². The van der Waals surface area contributed by atoms with E-state index in [2.05, 4.69) is 5.32 Å². The molecule has 0 aromatic heterocycles. The summed E-state index contributed by atoms with van der Waals surface area (Å²) in [6.45, 7) is 9.77. The minimum Gasteiger partial charge on any atom is -0.624 e. The van der Waals surface area contributed by atoms with Gasteiger partial charge in [0.05, 0.1) is 0 Å². The number of nitrogens with one attached hydrogen (secondary N) is 1. The van der Waals surface area contributed by atoms with Crippen molar-refractivity contribution < 1.29 is 14.3 Å². The monoisotopic (exact) mass is 320 g/mol. The average molecular weight is 320 g/mol. The van der Waals surface area contributed by atoms with Crippen LogP contribution >= 0.6 is 0 Å². The summed E-state index contributed by atoms with van der Waals surface area (Å²) in [5, 5.41) is 14.9. The Labute approximate surface area is 138 Å². The lowest BCUT2D eigenvalue weighted by molar-refractivity contribution is -0.471. The Bertz CT molecular complexity index is 519. The number of ether oxygens (including phenoxy) is 1. The van der Waals surface area contributed by atoms with E-state index < -0.39 is 11.7 Å². The molecule has 5 heteroatoms. The minimum atomic E-state index is -0.562. The summed E-state index contributed by atoms with van der Waals surface area (Å²) < 4.78 is 6.12. The van der Waals surface area contributed by atoms with Gasteiger partial charge in [0.25, 0.3) is 0 Å². The fourth-order valence-corrected chi connectivity index (χ4v) is 2.14. The van der Waals surface area contributed by atoms with Gasteiger partial charge in [-0.15, -0.1) is 0 Å². The molecule has 0 unspecified atom stereocenters. The third-order valence-corrected chi connectivity index (χ3v) is 2.95. The van der Waals surface area contributed by atoms with Crippen molar-refractivity contribution >= 4 is 12.3 Å². The number of carbonyl (C=O) groups is 1. The molecule has 128 valence electrons.